The van der Waals surface area contributed by atoms with Crippen LogP contribution in [-0.2, 0) is 9.53 Å². The largest absolute Gasteiger partial charge is 0.462 e. The second-order valence-corrected chi connectivity index (χ2v) is 5.28. The summed E-state index contributed by atoms with van der Waals surface area (Å²) in [5.41, 5.74) is 0.501. The van der Waals surface area contributed by atoms with Crippen LogP contribution in [-0.4, -0.2) is 12.1 Å². The van der Waals surface area contributed by atoms with Gasteiger partial charge in [-0.3, -0.25) is 4.79 Å². The van der Waals surface area contributed by atoms with Gasteiger partial charge in [-0.1, -0.05) is 0 Å². The molecule has 0 aromatic carbocycles. The third kappa shape index (κ3) is 0.395. The van der Waals surface area contributed by atoms with Crippen LogP contribution in [0.15, 0.2) is 0 Å². The summed E-state index contributed by atoms with van der Waals surface area (Å²) in [5, 5.41) is 0. The lowest BCUT2D eigenvalue weighted by molar-refractivity contribution is -0.163. The van der Waals surface area contributed by atoms with E-state index >= 15 is 0 Å². The lowest BCUT2D eigenvalue weighted by atomic mass is 9.80. The van der Waals surface area contributed by atoms with Crippen LogP contribution in [0.3, 0.4) is 0 Å². The van der Waals surface area contributed by atoms with Crippen LogP contribution in [0.5, 0.6) is 0 Å². The highest BCUT2D eigenvalue weighted by Crippen LogP contribution is 2.81. The molecule has 3 saturated carbocycles. The second-order valence-electron chi connectivity index (χ2n) is 5.28. The molecule has 4 fully saturated rings. The van der Waals surface area contributed by atoms with Gasteiger partial charge in [-0.05, 0) is 43.4 Å². The zero-order chi connectivity index (χ0) is 7.97. The van der Waals surface area contributed by atoms with Crippen LogP contribution in [0.2, 0.25) is 0 Å². The summed E-state index contributed by atoms with van der Waals surface area (Å²) in [5.74, 6) is 0.975. The lowest BCUT2D eigenvalue weighted by Crippen LogP contribution is -2.35. The number of hydrogen-bond acceptors (Lipinski definition) is 2. The predicted octanol–water partition coefficient (Wildman–Crippen LogP) is 1.49. The van der Waals surface area contributed by atoms with E-state index in [1.54, 1.807) is 0 Å². The minimum atomic E-state index is 0.0463. The molecule has 64 valence electrons. The van der Waals surface area contributed by atoms with Crippen molar-refractivity contribution in [1.82, 2.24) is 0 Å². The molecule has 3 bridgehead atoms. The Labute approximate surface area is 71.3 Å². The Bertz CT molecular complexity index is 298. The fourth-order valence-corrected chi connectivity index (χ4v) is 4.34. The molecule has 4 atom stereocenters. The Balaban J connectivity index is 1.94. The molecule has 1 heterocycles. The first-order valence-electron chi connectivity index (χ1n) is 4.95. The van der Waals surface area contributed by atoms with Crippen molar-refractivity contribution in [3.63, 3.8) is 0 Å². The maximum atomic E-state index is 11.6. The number of fused-ring (bicyclic) bond motifs is 2. The average Bonchev–Trinajstić information content (AvgIpc) is 2.52. The average molecular weight is 164 g/mol. The normalized spacial score (nSPS) is 64.5. The molecule has 1 spiro atoms. The highest BCUT2D eigenvalue weighted by Gasteiger charge is 2.80. The number of ether oxygens (including phenoxy) is 1. The number of rotatable bonds is 0. The standard InChI is InChI=1S/C10H12O2/c11-8-10-3-6-1-7(12-8)4-9(10,2-6)5-10/h6-7H,1-5H2. The predicted molar refractivity (Wildman–Crippen MR) is 41.3 cm³/mol. The second kappa shape index (κ2) is 1.34. The molecule has 1 saturated heterocycles. The van der Waals surface area contributed by atoms with Gasteiger partial charge in [0.2, 0.25) is 0 Å². The Kier molecular flexibility index (Phi) is 0.671. The molecule has 4 aliphatic rings. The molecular formula is C10H12O2. The van der Waals surface area contributed by atoms with Crippen LogP contribution in [0.4, 0.5) is 0 Å². The third-order valence-corrected chi connectivity index (χ3v) is 4.73. The Morgan fingerprint density at radius 1 is 1.33 bits per heavy atom. The summed E-state index contributed by atoms with van der Waals surface area (Å²) in [6.07, 6.45) is 6.30. The van der Waals surface area contributed by atoms with Crippen LogP contribution in [0.25, 0.3) is 0 Å². The van der Waals surface area contributed by atoms with E-state index in [-0.39, 0.29) is 11.4 Å². The topological polar surface area (TPSA) is 26.3 Å². The van der Waals surface area contributed by atoms with Gasteiger partial charge in [-0.2, -0.15) is 0 Å². The molecule has 0 N–H and O–H groups in total. The van der Waals surface area contributed by atoms with E-state index in [0.29, 0.717) is 11.5 Å². The molecule has 4 rings (SSSR count). The maximum absolute atomic E-state index is 11.6. The minimum absolute atomic E-state index is 0.0463. The third-order valence-electron chi connectivity index (χ3n) is 4.73. The summed E-state index contributed by atoms with van der Waals surface area (Å²) in [7, 11) is 0. The van der Waals surface area contributed by atoms with Crippen LogP contribution in [0.1, 0.15) is 32.1 Å². The summed E-state index contributed by atoms with van der Waals surface area (Å²) in [4.78, 5) is 11.6. The van der Waals surface area contributed by atoms with E-state index in [1.165, 1.54) is 12.8 Å². The first kappa shape index (κ1) is 6.01. The van der Waals surface area contributed by atoms with Crippen molar-refractivity contribution in [3.8, 4) is 0 Å². The van der Waals surface area contributed by atoms with E-state index in [9.17, 15) is 4.79 Å². The van der Waals surface area contributed by atoms with Gasteiger partial charge in [0.25, 0.3) is 0 Å². The Hall–Kier alpha value is -0.530. The van der Waals surface area contributed by atoms with Crippen molar-refractivity contribution < 1.29 is 9.53 Å². The van der Waals surface area contributed by atoms with Crippen molar-refractivity contribution in [2.24, 2.45) is 16.7 Å². The van der Waals surface area contributed by atoms with Crippen molar-refractivity contribution in [3.05, 3.63) is 0 Å². The molecule has 0 radical (unpaired) electrons. The smallest absolute Gasteiger partial charge is 0.312 e. The van der Waals surface area contributed by atoms with Crippen LogP contribution in [0, 0.1) is 16.7 Å². The number of carbonyl (C=O) groups is 1. The van der Waals surface area contributed by atoms with Gasteiger partial charge in [0, 0.05) is 0 Å². The van der Waals surface area contributed by atoms with Gasteiger partial charge < -0.3 is 4.74 Å². The Morgan fingerprint density at radius 3 is 3.17 bits per heavy atom. The van der Waals surface area contributed by atoms with Gasteiger partial charge in [0.05, 0.1) is 5.41 Å². The quantitative estimate of drug-likeness (QED) is 0.507. The van der Waals surface area contributed by atoms with Crippen LogP contribution < -0.4 is 0 Å². The van der Waals surface area contributed by atoms with E-state index in [2.05, 4.69) is 0 Å². The van der Waals surface area contributed by atoms with Crippen LogP contribution >= 0.6 is 0 Å². The van der Waals surface area contributed by atoms with Crippen molar-refractivity contribution >= 4 is 5.97 Å². The summed E-state index contributed by atoms with van der Waals surface area (Å²) >= 11 is 0. The summed E-state index contributed by atoms with van der Waals surface area (Å²) in [6, 6.07) is 0. The minimum Gasteiger partial charge on any atom is -0.462 e. The van der Waals surface area contributed by atoms with E-state index in [4.69, 9.17) is 4.74 Å². The molecule has 4 unspecified atom stereocenters. The zero-order valence-electron chi connectivity index (χ0n) is 7.01. The molecule has 2 heteroatoms. The monoisotopic (exact) mass is 164 g/mol. The van der Waals surface area contributed by atoms with Gasteiger partial charge in [-0.25, -0.2) is 0 Å². The van der Waals surface area contributed by atoms with Crippen molar-refractivity contribution in [2.45, 2.75) is 38.2 Å². The number of hydrogen-bond donors (Lipinski definition) is 0. The first-order valence-corrected chi connectivity index (χ1v) is 4.95. The van der Waals surface area contributed by atoms with Gasteiger partial charge in [-0.15, -0.1) is 0 Å². The zero-order valence-corrected chi connectivity index (χ0v) is 7.01. The molecular weight excluding hydrogens is 152 g/mol. The molecule has 0 aromatic heterocycles. The number of esters is 1. The van der Waals surface area contributed by atoms with Crippen molar-refractivity contribution in [1.29, 1.82) is 0 Å². The van der Waals surface area contributed by atoms with E-state index < -0.39 is 0 Å². The van der Waals surface area contributed by atoms with Gasteiger partial charge in [0.15, 0.2) is 0 Å². The molecule has 3 aliphatic carbocycles. The summed E-state index contributed by atoms with van der Waals surface area (Å²) < 4.78 is 5.41. The molecule has 2 nitrogen and oxygen atoms in total. The maximum Gasteiger partial charge on any atom is 0.312 e. The summed E-state index contributed by atoms with van der Waals surface area (Å²) in [6.45, 7) is 0. The van der Waals surface area contributed by atoms with Crippen molar-refractivity contribution in [2.75, 3.05) is 0 Å². The van der Waals surface area contributed by atoms with Gasteiger partial charge >= 0.3 is 5.97 Å². The first-order chi connectivity index (χ1) is 5.74. The molecule has 0 aromatic rings. The highest BCUT2D eigenvalue weighted by atomic mass is 16.5. The highest BCUT2D eigenvalue weighted by molar-refractivity contribution is 5.84. The lowest BCUT2D eigenvalue weighted by Gasteiger charge is -2.33. The molecule has 0 amide bonds. The van der Waals surface area contributed by atoms with E-state index in [0.717, 1.165) is 25.2 Å². The Morgan fingerprint density at radius 2 is 2.25 bits per heavy atom. The molecule has 12 heavy (non-hydrogen) atoms. The fraction of sp³-hybridized carbons (Fsp3) is 0.900. The number of carbonyl (C=O) groups excluding carboxylic acids is 1. The van der Waals surface area contributed by atoms with Gasteiger partial charge in [0.1, 0.15) is 6.10 Å². The molecule has 1 aliphatic heterocycles. The fourth-order valence-electron chi connectivity index (χ4n) is 4.34. The van der Waals surface area contributed by atoms with E-state index in [1.807, 2.05) is 0 Å². The SMILES string of the molecule is O=C1OC2CC3CC4(C2)CC14C3.